The summed E-state index contributed by atoms with van der Waals surface area (Å²) in [6, 6.07) is 19.8. The predicted octanol–water partition coefficient (Wildman–Crippen LogP) is 7.10. The summed E-state index contributed by atoms with van der Waals surface area (Å²) in [5, 5.41) is 19.7. The quantitative estimate of drug-likeness (QED) is 0.231. The van der Waals surface area contributed by atoms with E-state index in [1.165, 1.54) is 23.9 Å². The molecule has 176 valence electrons. The van der Waals surface area contributed by atoms with Gasteiger partial charge in [-0.15, -0.1) is 16.9 Å². The zero-order valence-electron chi connectivity index (χ0n) is 19.0. The monoisotopic (exact) mass is 504 g/mol. The topological polar surface area (TPSA) is 87.4 Å². The van der Waals surface area contributed by atoms with Gasteiger partial charge in [-0.2, -0.15) is 5.11 Å². The second-order valence-electron chi connectivity index (χ2n) is 8.06. The molecule has 35 heavy (non-hydrogen) atoms. The van der Waals surface area contributed by atoms with Gasteiger partial charge in [0.2, 0.25) is 5.91 Å². The number of carbonyl (C=O) groups excluding carboxylic acids is 1. The number of hydrogen-bond donors (Lipinski definition) is 1. The Morgan fingerprint density at radius 2 is 1.89 bits per heavy atom. The van der Waals surface area contributed by atoms with Crippen LogP contribution in [0, 0.1) is 6.92 Å². The average molecular weight is 505 g/mol. The highest BCUT2D eigenvalue weighted by atomic mass is 35.5. The fourth-order valence-electron chi connectivity index (χ4n) is 3.87. The van der Waals surface area contributed by atoms with Crippen LogP contribution >= 0.6 is 23.4 Å². The van der Waals surface area contributed by atoms with Crippen molar-refractivity contribution >= 4 is 57.2 Å². The predicted molar refractivity (Wildman–Crippen MR) is 139 cm³/mol. The van der Waals surface area contributed by atoms with Crippen molar-refractivity contribution in [2.24, 2.45) is 10.2 Å². The number of amides is 1. The molecule has 1 aromatic heterocycles. The second kappa shape index (κ2) is 9.56. The van der Waals surface area contributed by atoms with Gasteiger partial charge < -0.3 is 9.84 Å². The Labute approximate surface area is 211 Å². The van der Waals surface area contributed by atoms with Crippen molar-refractivity contribution in [2.75, 3.05) is 17.8 Å². The molecule has 0 spiro atoms. The first-order valence-corrected chi connectivity index (χ1v) is 12.2. The molecule has 0 saturated carbocycles. The lowest BCUT2D eigenvalue weighted by Crippen LogP contribution is -2.28. The minimum Gasteiger partial charge on any atom is -0.508 e. The summed E-state index contributed by atoms with van der Waals surface area (Å²) in [5.41, 5.74) is 4.11. The molecule has 9 heteroatoms. The molecule has 0 bridgehead atoms. The van der Waals surface area contributed by atoms with Crippen LogP contribution in [0.25, 0.3) is 10.9 Å². The molecule has 1 atom stereocenters. The zero-order valence-corrected chi connectivity index (χ0v) is 20.5. The minimum atomic E-state index is -0.441. The van der Waals surface area contributed by atoms with Gasteiger partial charge in [0.05, 0.1) is 29.8 Å². The third-order valence-electron chi connectivity index (χ3n) is 5.67. The largest absolute Gasteiger partial charge is 0.508 e. The molecule has 1 aliphatic heterocycles. The normalized spacial score (nSPS) is 15.9. The maximum absolute atomic E-state index is 13.1. The molecular weight excluding hydrogens is 484 g/mol. The van der Waals surface area contributed by atoms with Crippen molar-refractivity contribution in [1.29, 1.82) is 0 Å². The van der Waals surface area contributed by atoms with Crippen LogP contribution in [0.1, 0.15) is 16.5 Å². The Morgan fingerprint density at radius 3 is 2.66 bits per heavy atom. The van der Waals surface area contributed by atoms with E-state index in [0.717, 1.165) is 10.9 Å². The molecule has 1 unspecified atom stereocenters. The van der Waals surface area contributed by atoms with Gasteiger partial charge in [0.15, 0.2) is 0 Å². The highest BCUT2D eigenvalue weighted by Crippen LogP contribution is 2.48. The van der Waals surface area contributed by atoms with Crippen LogP contribution in [-0.2, 0) is 4.79 Å². The maximum atomic E-state index is 13.1. The number of azo groups is 1. The van der Waals surface area contributed by atoms with Gasteiger partial charge in [-0.05, 0) is 49.4 Å². The molecule has 1 saturated heterocycles. The SMILES string of the molecule is COc1ccc2cc(C3SCC(=O)N3c3cc(O)ccc3N=Nc3ccc(C)cc3)c(Cl)nc2c1. The number of phenolic OH excluding ortho intramolecular Hbond substituents is 1. The molecule has 5 rings (SSSR count). The van der Waals surface area contributed by atoms with Gasteiger partial charge in [0, 0.05) is 23.1 Å². The fourth-order valence-corrected chi connectivity index (χ4v) is 5.36. The highest BCUT2D eigenvalue weighted by molar-refractivity contribution is 8.00. The van der Waals surface area contributed by atoms with Crippen LogP contribution in [-0.4, -0.2) is 28.9 Å². The van der Waals surface area contributed by atoms with E-state index >= 15 is 0 Å². The average Bonchev–Trinajstić information content (AvgIpc) is 3.24. The van der Waals surface area contributed by atoms with Gasteiger partial charge in [-0.25, -0.2) is 4.98 Å². The molecular formula is C26H21ClN4O3S. The Morgan fingerprint density at radius 1 is 1.09 bits per heavy atom. The van der Waals surface area contributed by atoms with E-state index in [1.807, 2.05) is 55.5 Å². The highest BCUT2D eigenvalue weighted by Gasteiger charge is 2.37. The number of thioether (sulfide) groups is 1. The Bertz CT molecular complexity index is 1460. The number of anilines is 1. The number of carbonyl (C=O) groups is 1. The smallest absolute Gasteiger partial charge is 0.238 e. The number of ether oxygens (including phenoxy) is 1. The minimum absolute atomic E-state index is 0.0209. The van der Waals surface area contributed by atoms with Crippen LogP contribution in [0.2, 0.25) is 5.15 Å². The summed E-state index contributed by atoms with van der Waals surface area (Å²) in [4.78, 5) is 19.2. The van der Waals surface area contributed by atoms with Crippen LogP contribution < -0.4 is 9.64 Å². The molecule has 0 radical (unpaired) electrons. The number of nitrogens with zero attached hydrogens (tertiary/aromatic N) is 4. The van der Waals surface area contributed by atoms with Crippen molar-refractivity contribution in [2.45, 2.75) is 12.3 Å². The third-order valence-corrected chi connectivity index (χ3v) is 7.16. The summed E-state index contributed by atoms with van der Waals surface area (Å²) in [6.07, 6.45) is 0. The van der Waals surface area contributed by atoms with Crippen LogP contribution in [0.4, 0.5) is 17.1 Å². The molecule has 4 aromatic rings. The van der Waals surface area contributed by atoms with Crippen molar-refractivity contribution in [3.05, 3.63) is 83.0 Å². The Kier molecular flexibility index (Phi) is 6.32. The van der Waals surface area contributed by atoms with Gasteiger partial charge in [0.1, 0.15) is 27.7 Å². The standard InChI is InChI=1S/C26H21ClN4O3S/c1-15-3-6-17(7-4-15)29-30-21-10-8-18(32)12-23(21)31-24(33)14-35-26(31)20-11-16-5-9-19(34-2)13-22(16)28-25(20)27/h3-13,26,32H,14H2,1-2H3. The lowest BCUT2D eigenvalue weighted by atomic mass is 10.1. The Hall–Kier alpha value is -3.62. The number of fused-ring (bicyclic) bond motifs is 1. The first-order chi connectivity index (χ1) is 16.9. The van der Waals surface area contributed by atoms with E-state index in [2.05, 4.69) is 15.2 Å². The number of methoxy groups -OCH3 is 1. The number of rotatable bonds is 5. The number of aryl methyl sites for hydroxylation is 1. The van der Waals surface area contributed by atoms with E-state index in [-0.39, 0.29) is 17.4 Å². The van der Waals surface area contributed by atoms with Crippen LogP contribution in [0.5, 0.6) is 11.5 Å². The summed E-state index contributed by atoms with van der Waals surface area (Å²) >= 11 is 8.05. The second-order valence-corrected chi connectivity index (χ2v) is 9.49. The number of pyridine rings is 1. The number of aromatic nitrogens is 1. The summed E-state index contributed by atoms with van der Waals surface area (Å²) in [6.45, 7) is 2.00. The maximum Gasteiger partial charge on any atom is 0.238 e. The number of phenols is 1. The van der Waals surface area contributed by atoms with Crippen molar-refractivity contribution in [1.82, 2.24) is 4.98 Å². The van der Waals surface area contributed by atoms with Gasteiger partial charge in [-0.3, -0.25) is 9.69 Å². The summed E-state index contributed by atoms with van der Waals surface area (Å²) in [7, 11) is 1.60. The van der Waals surface area contributed by atoms with Crippen molar-refractivity contribution in [3.8, 4) is 11.5 Å². The van der Waals surface area contributed by atoms with Crippen LogP contribution in [0.15, 0.2) is 77.0 Å². The molecule has 1 amide bonds. The van der Waals surface area contributed by atoms with Gasteiger partial charge in [-0.1, -0.05) is 29.3 Å². The molecule has 7 nitrogen and oxygen atoms in total. The number of halogens is 1. The zero-order chi connectivity index (χ0) is 24.5. The van der Waals surface area contributed by atoms with E-state index < -0.39 is 5.37 Å². The van der Waals surface area contributed by atoms with E-state index in [9.17, 15) is 9.90 Å². The molecule has 1 fully saturated rings. The van der Waals surface area contributed by atoms with E-state index in [1.54, 1.807) is 18.1 Å². The lowest BCUT2D eigenvalue weighted by molar-refractivity contribution is -0.115. The summed E-state index contributed by atoms with van der Waals surface area (Å²) in [5.74, 6) is 0.839. The molecule has 1 aliphatic rings. The van der Waals surface area contributed by atoms with Crippen molar-refractivity contribution in [3.63, 3.8) is 0 Å². The lowest BCUT2D eigenvalue weighted by Gasteiger charge is -2.26. The van der Waals surface area contributed by atoms with Crippen LogP contribution in [0.3, 0.4) is 0 Å². The fraction of sp³-hybridized carbons (Fsp3) is 0.154. The molecule has 3 aromatic carbocycles. The molecule has 0 aliphatic carbocycles. The van der Waals surface area contributed by atoms with Gasteiger partial charge >= 0.3 is 0 Å². The first kappa shape index (κ1) is 23.1. The van der Waals surface area contributed by atoms with Crippen molar-refractivity contribution < 1.29 is 14.6 Å². The Balaban J connectivity index is 1.56. The number of aromatic hydroxyl groups is 1. The molecule has 1 N–H and O–H groups in total. The summed E-state index contributed by atoms with van der Waals surface area (Å²) < 4.78 is 5.28. The number of benzene rings is 3. The number of hydrogen-bond acceptors (Lipinski definition) is 7. The molecule has 2 heterocycles. The van der Waals surface area contributed by atoms with Gasteiger partial charge in [0.25, 0.3) is 0 Å². The van der Waals surface area contributed by atoms with E-state index in [4.69, 9.17) is 16.3 Å². The van der Waals surface area contributed by atoms with E-state index in [0.29, 0.717) is 39.0 Å². The third kappa shape index (κ3) is 4.67. The first-order valence-electron chi connectivity index (χ1n) is 10.8.